The number of hydrogen-bond acceptors (Lipinski definition) is 3. The molecule has 4 nitrogen and oxygen atoms in total. The molecule has 2 atom stereocenters. The fourth-order valence-corrected chi connectivity index (χ4v) is 2.76. The minimum Gasteiger partial charge on any atom is -0.397 e. The van der Waals surface area contributed by atoms with Gasteiger partial charge in [0.1, 0.15) is 6.61 Å². The van der Waals surface area contributed by atoms with Gasteiger partial charge in [-0.05, 0) is 37.3 Å². The molecule has 1 aromatic carbocycles. The maximum Gasteiger partial charge on any atom is 0.250 e. The third-order valence-corrected chi connectivity index (χ3v) is 3.91. The summed E-state index contributed by atoms with van der Waals surface area (Å²) in [6.45, 7) is 4.27. The number of amides is 1. The third kappa shape index (κ3) is 3.97. The van der Waals surface area contributed by atoms with Crippen molar-refractivity contribution in [2.24, 2.45) is 5.92 Å². The second-order valence-corrected chi connectivity index (χ2v) is 5.79. The predicted molar refractivity (Wildman–Crippen MR) is 81.6 cm³/mol. The number of nitrogens with one attached hydrogen (secondary N) is 1. The van der Waals surface area contributed by atoms with Crippen LogP contribution in [0.25, 0.3) is 0 Å². The van der Waals surface area contributed by atoms with Crippen molar-refractivity contribution < 1.29 is 9.53 Å². The first kappa shape index (κ1) is 14.9. The molecule has 0 bridgehead atoms. The molecule has 1 saturated carbocycles. The molecule has 1 amide bonds. The number of rotatable bonds is 4. The van der Waals surface area contributed by atoms with E-state index >= 15 is 0 Å². The standard InChI is InChI=1S/C16H24N2O2/c1-11-5-3-7-13(9-11)20-10-15(19)18-16-12(2)6-4-8-14(16)17/h4,6,8,11,13H,3,5,7,9-10,17H2,1-2H3,(H,18,19). The summed E-state index contributed by atoms with van der Waals surface area (Å²) < 4.78 is 5.71. The molecule has 0 saturated heterocycles. The van der Waals surface area contributed by atoms with Crippen molar-refractivity contribution in [3.05, 3.63) is 23.8 Å². The van der Waals surface area contributed by atoms with Gasteiger partial charge >= 0.3 is 0 Å². The van der Waals surface area contributed by atoms with Crippen LogP contribution in [0.15, 0.2) is 18.2 Å². The highest BCUT2D eigenvalue weighted by Gasteiger charge is 2.20. The summed E-state index contributed by atoms with van der Waals surface area (Å²) in [5.41, 5.74) is 8.11. The first-order chi connectivity index (χ1) is 9.56. The normalized spacial score (nSPS) is 22.5. The van der Waals surface area contributed by atoms with Crippen LogP contribution in [0.1, 0.15) is 38.2 Å². The van der Waals surface area contributed by atoms with E-state index in [1.807, 2.05) is 19.1 Å². The van der Waals surface area contributed by atoms with E-state index in [2.05, 4.69) is 12.2 Å². The number of para-hydroxylation sites is 1. The summed E-state index contributed by atoms with van der Waals surface area (Å²) >= 11 is 0. The van der Waals surface area contributed by atoms with E-state index in [1.165, 1.54) is 12.8 Å². The van der Waals surface area contributed by atoms with Crippen LogP contribution in [0, 0.1) is 12.8 Å². The Bertz CT molecular complexity index is 453. The van der Waals surface area contributed by atoms with Gasteiger partial charge < -0.3 is 15.8 Å². The second kappa shape index (κ2) is 6.75. The number of carbonyl (C=O) groups excluding carboxylic acids is 1. The Hall–Kier alpha value is -1.55. The van der Waals surface area contributed by atoms with E-state index in [1.54, 1.807) is 6.07 Å². The van der Waals surface area contributed by atoms with Crippen molar-refractivity contribution in [3.8, 4) is 0 Å². The smallest absolute Gasteiger partial charge is 0.250 e. The zero-order chi connectivity index (χ0) is 14.5. The SMILES string of the molecule is Cc1cccc(N)c1NC(=O)COC1CCCC(C)C1. The molecule has 110 valence electrons. The minimum atomic E-state index is -0.135. The monoisotopic (exact) mass is 276 g/mol. The maximum atomic E-state index is 11.9. The Morgan fingerprint density at radius 2 is 2.25 bits per heavy atom. The molecule has 0 spiro atoms. The molecule has 20 heavy (non-hydrogen) atoms. The van der Waals surface area contributed by atoms with E-state index < -0.39 is 0 Å². The second-order valence-electron chi connectivity index (χ2n) is 5.79. The Labute approximate surface area is 120 Å². The van der Waals surface area contributed by atoms with Gasteiger partial charge in [-0.1, -0.05) is 31.9 Å². The molecule has 2 rings (SSSR count). The van der Waals surface area contributed by atoms with Gasteiger partial charge in [0, 0.05) is 0 Å². The molecule has 0 heterocycles. The summed E-state index contributed by atoms with van der Waals surface area (Å²) in [5.74, 6) is 0.563. The fraction of sp³-hybridized carbons (Fsp3) is 0.562. The van der Waals surface area contributed by atoms with Gasteiger partial charge in [0.2, 0.25) is 5.91 Å². The van der Waals surface area contributed by atoms with Crippen molar-refractivity contribution in [2.45, 2.75) is 45.6 Å². The van der Waals surface area contributed by atoms with Crippen LogP contribution in [0.3, 0.4) is 0 Å². The molecule has 1 aliphatic carbocycles. The summed E-state index contributed by atoms with van der Waals surface area (Å²) in [7, 11) is 0. The molecule has 0 radical (unpaired) electrons. The lowest BCUT2D eigenvalue weighted by Crippen LogP contribution is -2.27. The molecular weight excluding hydrogens is 252 g/mol. The number of benzene rings is 1. The highest BCUT2D eigenvalue weighted by atomic mass is 16.5. The van der Waals surface area contributed by atoms with Gasteiger partial charge in [0.05, 0.1) is 17.5 Å². The number of ether oxygens (including phenoxy) is 1. The Kier molecular flexibility index (Phi) is 5.01. The van der Waals surface area contributed by atoms with Crippen molar-refractivity contribution in [2.75, 3.05) is 17.7 Å². The van der Waals surface area contributed by atoms with Crippen LogP contribution in [-0.4, -0.2) is 18.6 Å². The Balaban J connectivity index is 1.83. The van der Waals surface area contributed by atoms with Crippen LogP contribution >= 0.6 is 0 Å². The van der Waals surface area contributed by atoms with E-state index in [9.17, 15) is 4.79 Å². The van der Waals surface area contributed by atoms with Gasteiger partial charge in [-0.25, -0.2) is 0 Å². The molecule has 2 unspecified atom stereocenters. The molecule has 0 aliphatic heterocycles. The van der Waals surface area contributed by atoms with Crippen LogP contribution in [0.5, 0.6) is 0 Å². The number of nitrogens with two attached hydrogens (primary N) is 1. The van der Waals surface area contributed by atoms with Crippen LogP contribution in [-0.2, 0) is 9.53 Å². The van der Waals surface area contributed by atoms with E-state index in [0.29, 0.717) is 17.3 Å². The van der Waals surface area contributed by atoms with Crippen LogP contribution < -0.4 is 11.1 Å². The number of carbonyl (C=O) groups is 1. The number of aryl methyl sites for hydroxylation is 1. The van der Waals surface area contributed by atoms with E-state index in [0.717, 1.165) is 18.4 Å². The molecule has 1 fully saturated rings. The average molecular weight is 276 g/mol. The Morgan fingerprint density at radius 3 is 2.95 bits per heavy atom. The lowest BCUT2D eigenvalue weighted by molar-refractivity contribution is -0.123. The van der Waals surface area contributed by atoms with Gasteiger partial charge in [-0.3, -0.25) is 4.79 Å². The summed E-state index contributed by atoms with van der Waals surface area (Å²) in [6.07, 6.45) is 4.80. The van der Waals surface area contributed by atoms with Crippen molar-refractivity contribution in [1.82, 2.24) is 0 Å². The quantitative estimate of drug-likeness (QED) is 0.830. The molecule has 3 N–H and O–H groups in total. The zero-order valence-electron chi connectivity index (χ0n) is 12.3. The van der Waals surface area contributed by atoms with Crippen LogP contribution in [0.2, 0.25) is 0 Å². The van der Waals surface area contributed by atoms with Gasteiger partial charge in [-0.15, -0.1) is 0 Å². The van der Waals surface area contributed by atoms with Crippen LogP contribution in [0.4, 0.5) is 11.4 Å². The molecule has 1 aliphatic rings. The highest BCUT2D eigenvalue weighted by molar-refractivity contribution is 5.95. The molecular formula is C16H24N2O2. The number of nitrogen functional groups attached to an aromatic ring is 1. The summed E-state index contributed by atoms with van der Waals surface area (Å²) in [5, 5.41) is 2.84. The van der Waals surface area contributed by atoms with E-state index in [-0.39, 0.29) is 18.6 Å². The molecule has 1 aromatic rings. The van der Waals surface area contributed by atoms with Crippen molar-refractivity contribution in [3.63, 3.8) is 0 Å². The van der Waals surface area contributed by atoms with Gasteiger partial charge in [0.25, 0.3) is 0 Å². The number of anilines is 2. The first-order valence-corrected chi connectivity index (χ1v) is 7.33. The van der Waals surface area contributed by atoms with Gasteiger partial charge in [0.15, 0.2) is 0 Å². The topological polar surface area (TPSA) is 64.3 Å². The van der Waals surface area contributed by atoms with Gasteiger partial charge in [-0.2, -0.15) is 0 Å². The Morgan fingerprint density at radius 1 is 1.45 bits per heavy atom. The average Bonchev–Trinajstić information content (AvgIpc) is 2.41. The fourth-order valence-electron chi connectivity index (χ4n) is 2.76. The maximum absolute atomic E-state index is 11.9. The third-order valence-electron chi connectivity index (χ3n) is 3.91. The van der Waals surface area contributed by atoms with E-state index in [4.69, 9.17) is 10.5 Å². The molecule has 4 heteroatoms. The zero-order valence-corrected chi connectivity index (χ0v) is 12.3. The number of hydrogen-bond donors (Lipinski definition) is 2. The highest BCUT2D eigenvalue weighted by Crippen LogP contribution is 2.26. The lowest BCUT2D eigenvalue weighted by atomic mass is 9.89. The van der Waals surface area contributed by atoms with Crippen molar-refractivity contribution in [1.29, 1.82) is 0 Å². The molecule has 0 aromatic heterocycles. The summed E-state index contributed by atoms with van der Waals surface area (Å²) in [4.78, 5) is 11.9. The summed E-state index contributed by atoms with van der Waals surface area (Å²) in [6, 6.07) is 5.59. The van der Waals surface area contributed by atoms with Crippen molar-refractivity contribution >= 4 is 17.3 Å². The predicted octanol–water partition coefficient (Wildman–Crippen LogP) is 3.11. The minimum absolute atomic E-state index is 0.102. The first-order valence-electron chi connectivity index (χ1n) is 7.33. The largest absolute Gasteiger partial charge is 0.397 e. The lowest BCUT2D eigenvalue weighted by Gasteiger charge is -2.26.